The number of hydrogen-bond donors (Lipinski definition) is 1. The minimum absolute atomic E-state index is 0.423. The Morgan fingerprint density at radius 2 is 2.46 bits per heavy atom. The van der Waals surface area contributed by atoms with Crippen molar-refractivity contribution in [2.45, 2.75) is 26.8 Å². The molecule has 72 valence electrons. The molecule has 1 rings (SSSR count). The van der Waals surface area contributed by atoms with Gasteiger partial charge in [0.2, 0.25) is 0 Å². The van der Waals surface area contributed by atoms with Gasteiger partial charge in [-0.1, -0.05) is 13.0 Å². The highest BCUT2D eigenvalue weighted by molar-refractivity contribution is 7.09. The summed E-state index contributed by atoms with van der Waals surface area (Å²) < 4.78 is 0. The van der Waals surface area contributed by atoms with E-state index in [9.17, 15) is 0 Å². The van der Waals surface area contributed by atoms with Crippen molar-refractivity contribution in [3.8, 4) is 0 Å². The third-order valence-electron chi connectivity index (χ3n) is 1.72. The maximum Gasteiger partial charge on any atom is 0.0901 e. The smallest absolute Gasteiger partial charge is 0.0901 e. The van der Waals surface area contributed by atoms with E-state index in [2.05, 4.69) is 41.7 Å². The summed E-state index contributed by atoms with van der Waals surface area (Å²) in [6, 6.07) is 0.423. The second-order valence-corrected chi connectivity index (χ2v) is 4.06. The van der Waals surface area contributed by atoms with Crippen LogP contribution >= 0.6 is 11.3 Å². The zero-order valence-corrected chi connectivity index (χ0v) is 9.19. The van der Waals surface area contributed by atoms with Crippen LogP contribution in [-0.2, 0) is 0 Å². The Bertz CT molecular complexity index is 278. The lowest BCUT2D eigenvalue weighted by atomic mass is 10.3. The first-order valence-electron chi connectivity index (χ1n) is 4.56. The molecule has 0 radical (unpaired) electrons. The number of aryl methyl sites for hydroxylation is 1. The Morgan fingerprint density at radius 3 is 3.00 bits per heavy atom. The summed E-state index contributed by atoms with van der Waals surface area (Å²) in [4.78, 5) is 4.35. The molecule has 0 aromatic carbocycles. The van der Waals surface area contributed by atoms with E-state index < -0.39 is 0 Å². The maximum absolute atomic E-state index is 4.35. The van der Waals surface area contributed by atoms with E-state index in [-0.39, 0.29) is 0 Å². The summed E-state index contributed by atoms with van der Waals surface area (Å²) in [5.41, 5.74) is 1.06. The van der Waals surface area contributed by atoms with Gasteiger partial charge in [-0.15, -0.1) is 11.3 Å². The minimum atomic E-state index is 0.423. The van der Waals surface area contributed by atoms with Gasteiger partial charge in [0, 0.05) is 11.4 Å². The van der Waals surface area contributed by atoms with Crippen molar-refractivity contribution in [3.05, 3.63) is 22.2 Å². The Kier molecular flexibility index (Phi) is 4.12. The van der Waals surface area contributed by atoms with Gasteiger partial charge in [0.15, 0.2) is 0 Å². The molecule has 1 aromatic rings. The summed E-state index contributed by atoms with van der Waals surface area (Å²) in [7, 11) is 0. The summed E-state index contributed by atoms with van der Waals surface area (Å²) >= 11 is 1.69. The predicted octanol–water partition coefficient (Wildman–Crippen LogP) is 2.46. The van der Waals surface area contributed by atoms with Gasteiger partial charge >= 0.3 is 0 Å². The van der Waals surface area contributed by atoms with Crippen molar-refractivity contribution in [1.82, 2.24) is 10.3 Å². The van der Waals surface area contributed by atoms with E-state index in [0.717, 1.165) is 17.2 Å². The fourth-order valence-corrected chi connectivity index (χ4v) is 1.67. The van der Waals surface area contributed by atoms with Crippen LogP contribution in [-0.4, -0.2) is 17.6 Å². The molecule has 2 nitrogen and oxygen atoms in total. The first-order chi connectivity index (χ1) is 6.22. The van der Waals surface area contributed by atoms with Crippen molar-refractivity contribution in [3.63, 3.8) is 0 Å². The van der Waals surface area contributed by atoms with Crippen LogP contribution < -0.4 is 5.32 Å². The van der Waals surface area contributed by atoms with Gasteiger partial charge < -0.3 is 5.32 Å². The van der Waals surface area contributed by atoms with Crippen LogP contribution in [0.5, 0.6) is 0 Å². The molecule has 1 heterocycles. The average Bonchev–Trinajstić information content (AvgIpc) is 2.49. The molecular weight excluding hydrogens is 180 g/mol. The molecule has 3 heteroatoms. The summed E-state index contributed by atoms with van der Waals surface area (Å²) in [6.07, 6.45) is 4.20. The third-order valence-corrected chi connectivity index (χ3v) is 2.51. The van der Waals surface area contributed by atoms with Crippen molar-refractivity contribution in [2.24, 2.45) is 0 Å². The van der Waals surface area contributed by atoms with E-state index in [4.69, 9.17) is 0 Å². The largest absolute Gasteiger partial charge is 0.311 e. The molecule has 0 aliphatic rings. The molecule has 0 aliphatic carbocycles. The third kappa shape index (κ3) is 3.70. The monoisotopic (exact) mass is 196 g/mol. The SMILES string of the molecule is CCNC(C)/C=C/c1csc(C)n1. The summed E-state index contributed by atoms with van der Waals surface area (Å²) in [5.74, 6) is 0. The summed E-state index contributed by atoms with van der Waals surface area (Å²) in [6.45, 7) is 7.27. The molecular formula is C10H16N2S. The molecule has 0 saturated heterocycles. The topological polar surface area (TPSA) is 24.9 Å². The van der Waals surface area contributed by atoms with E-state index >= 15 is 0 Å². The highest BCUT2D eigenvalue weighted by Gasteiger charge is 1.95. The average molecular weight is 196 g/mol. The first-order valence-corrected chi connectivity index (χ1v) is 5.44. The van der Waals surface area contributed by atoms with Crippen LogP contribution in [0.15, 0.2) is 11.5 Å². The number of nitrogens with zero attached hydrogens (tertiary/aromatic N) is 1. The summed E-state index contributed by atoms with van der Waals surface area (Å²) in [5, 5.41) is 6.51. The van der Waals surface area contributed by atoms with Crippen molar-refractivity contribution >= 4 is 17.4 Å². The van der Waals surface area contributed by atoms with E-state index in [1.54, 1.807) is 11.3 Å². The molecule has 0 amide bonds. The fraction of sp³-hybridized carbons (Fsp3) is 0.500. The van der Waals surface area contributed by atoms with Gasteiger partial charge in [0.1, 0.15) is 0 Å². The van der Waals surface area contributed by atoms with Crippen molar-refractivity contribution in [1.29, 1.82) is 0 Å². The van der Waals surface area contributed by atoms with E-state index in [1.807, 2.05) is 6.92 Å². The zero-order valence-electron chi connectivity index (χ0n) is 8.37. The second kappa shape index (κ2) is 5.14. The molecule has 13 heavy (non-hydrogen) atoms. The van der Waals surface area contributed by atoms with Gasteiger partial charge in [-0.2, -0.15) is 0 Å². The van der Waals surface area contributed by atoms with Crippen LogP contribution in [0.4, 0.5) is 0 Å². The second-order valence-electron chi connectivity index (χ2n) is 3.00. The zero-order chi connectivity index (χ0) is 9.68. The lowest BCUT2D eigenvalue weighted by molar-refractivity contribution is 0.662. The minimum Gasteiger partial charge on any atom is -0.311 e. The number of thiazole rings is 1. The molecule has 1 N–H and O–H groups in total. The first kappa shape index (κ1) is 10.4. The lowest BCUT2D eigenvalue weighted by Gasteiger charge is -2.04. The quantitative estimate of drug-likeness (QED) is 0.800. The fourth-order valence-electron chi connectivity index (χ4n) is 1.09. The Morgan fingerprint density at radius 1 is 1.69 bits per heavy atom. The Balaban J connectivity index is 2.48. The van der Waals surface area contributed by atoms with E-state index in [0.29, 0.717) is 6.04 Å². The van der Waals surface area contributed by atoms with Gasteiger partial charge in [-0.05, 0) is 26.5 Å². The number of hydrogen-bond acceptors (Lipinski definition) is 3. The Labute approximate surface area is 83.7 Å². The normalized spacial score (nSPS) is 13.8. The molecule has 1 atom stereocenters. The van der Waals surface area contributed by atoms with Crippen LogP contribution in [0.25, 0.3) is 6.08 Å². The van der Waals surface area contributed by atoms with E-state index in [1.165, 1.54) is 0 Å². The number of aromatic nitrogens is 1. The lowest BCUT2D eigenvalue weighted by Crippen LogP contribution is -2.22. The number of nitrogens with one attached hydrogen (secondary N) is 1. The van der Waals surface area contributed by atoms with Crippen LogP contribution in [0.3, 0.4) is 0 Å². The van der Waals surface area contributed by atoms with Gasteiger partial charge in [-0.3, -0.25) is 0 Å². The van der Waals surface area contributed by atoms with Crippen molar-refractivity contribution in [2.75, 3.05) is 6.54 Å². The van der Waals surface area contributed by atoms with Crippen molar-refractivity contribution < 1.29 is 0 Å². The van der Waals surface area contributed by atoms with Crippen LogP contribution in [0.1, 0.15) is 24.5 Å². The Hall–Kier alpha value is -0.670. The molecule has 0 spiro atoms. The molecule has 0 aliphatic heterocycles. The highest BCUT2D eigenvalue weighted by atomic mass is 32.1. The van der Waals surface area contributed by atoms with Gasteiger partial charge in [0.05, 0.1) is 10.7 Å². The van der Waals surface area contributed by atoms with Crippen LogP contribution in [0.2, 0.25) is 0 Å². The molecule has 0 bridgehead atoms. The maximum atomic E-state index is 4.35. The standard InChI is InChI=1S/C10H16N2S/c1-4-11-8(2)5-6-10-7-13-9(3)12-10/h5-8,11H,4H2,1-3H3/b6-5+. The molecule has 1 unspecified atom stereocenters. The molecule has 0 saturated carbocycles. The number of likely N-dealkylation sites (N-methyl/N-ethyl adjacent to an activating group) is 1. The molecule has 1 aromatic heterocycles. The molecule has 0 fully saturated rings. The highest BCUT2D eigenvalue weighted by Crippen LogP contribution is 2.09. The van der Waals surface area contributed by atoms with Gasteiger partial charge in [-0.25, -0.2) is 4.98 Å². The number of rotatable bonds is 4. The van der Waals surface area contributed by atoms with Gasteiger partial charge in [0.25, 0.3) is 0 Å². The van der Waals surface area contributed by atoms with Crippen LogP contribution in [0, 0.1) is 6.92 Å². The predicted molar refractivity (Wildman–Crippen MR) is 59.0 cm³/mol.